The Hall–Kier alpha value is -7.02. The molecule has 0 heterocycles. The third-order valence-corrected chi connectivity index (χ3v) is 12.0. The van der Waals surface area contributed by atoms with Gasteiger partial charge in [-0.05, 0) is 127 Å². The van der Waals surface area contributed by atoms with Gasteiger partial charge in [-0.15, -0.1) is 0 Å². The van der Waals surface area contributed by atoms with Gasteiger partial charge in [0, 0.05) is 0 Å². The first-order chi connectivity index (χ1) is 26.8. The van der Waals surface area contributed by atoms with Crippen LogP contribution in [0.2, 0.25) is 0 Å². The van der Waals surface area contributed by atoms with E-state index in [4.69, 9.17) is 0 Å². The fourth-order valence-electron chi connectivity index (χ4n) is 9.70. The molecular formula is C54H32. The molecule has 1 aliphatic carbocycles. The van der Waals surface area contributed by atoms with Crippen LogP contribution in [0.1, 0.15) is 0 Å². The average Bonchev–Trinajstić information content (AvgIpc) is 3.24. The van der Waals surface area contributed by atoms with Crippen molar-refractivity contribution in [3.8, 4) is 66.8 Å². The van der Waals surface area contributed by atoms with E-state index in [1.165, 1.54) is 121 Å². The van der Waals surface area contributed by atoms with E-state index in [2.05, 4.69) is 194 Å². The molecule has 0 aromatic heterocycles. The van der Waals surface area contributed by atoms with Crippen molar-refractivity contribution in [3.05, 3.63) is 194 Å². The van der Waals surface area contributed by atoms with Crippen molar-refractivity contribution in [2.45, 2.75) is 0 Å². The van der Waals surface area contributed by atoms with Gasteiger partial charge in [0.2, 0.25) is 0 Å². The summed E-state index contributed by atoms with van der Waals surface area (Å²) in [5.74, 6) is 0. The van der Waals surface area contributed by atoms with Gasteiger partial charge in [-0.3, -0.25) is 0 Å². The SMILES string of the molecule is c1ccc2c(c1)-c1ccccc1-c1ccc(-c3c4ccccc4c(-c4ccc5ccc6cccc7ccc4c5c67)c4ccccc34)cc1-c1ccccc1-2. The van der Waals surface area contributed by atoms with E-state index in [0.717, 1.165) is 0 Å². The van der Waals surface area contributed by atoms with Gasteiger partial charge in [0.1, 0.15) is 0 Å². The van der Waals surface area contributed by atoms with E-state index in [1.807, 2.05) is 0 Å². The summed E-state index contributed by atoms with van der Waals surface area (Å²) < 4.78 is 0. The fraction of sp³-hybridized carbons (Fsp3) is 0. The van der Waals surface area contributed by atoms with E-state index in [-0.39, 0.29) is 0 Å². The van der Waals surface area contributed by atoms with Gasteiger partial charge < -0.3 is 0 Å². The van der Waals surface area contributed by atoms with Crippen LogP contribution < -0.4 is 0 Å². The van der Waals surface area contributed by atoms with Gasteiger partial charge in [-0.1, -0.05) is 188 Å². The minimum Gasteiger partial charge on any atom is -0.0616 e. The zero-order chi connectivity index (χ0) is 35.3. The summed E-state index contributed by atoms with van der Waals surface area (Å²) in [7, 11) is 0. The molecule has 0 radical (unpaired) electrons. The van der Waals surface area contributed by atoms with Crippen molar-refractivity contribution >= 4 is 53.9 Å². The van der Waals surface area contributed by atoms with Crippen molar-refractivity contribution < 1.29 is 0 Å². The van der Waals surface area contributed by atoms with Gasteiger partial charge in [-0.2, -0.15) is 0 Å². The zero-order valence-electron chi connectivity index (χ0n) is 29.5. The van der Waals surface area contributed by atoms with Crippen molar-refractivity contribution in [2.75, 3.05) is 0 Å². The quantitative estimate of drug-likeness (QED) is 0.126. The van der Waals surface area contributed by atoms with E-state index in [0.29, 0.717) is 0 Å². The molecule has 0 bridgehead atoms. The van der Waals surface area contributed by atoms with Gasteiger partial charge >= 0.3 is 0 Å². The van der Waals surface area contributed by atoms with E-state index >= 15 is 0 Å². The maximum absolute atomic E-state index is 2.46. The lowest BCUT2D eigenvalue weighted by molar-refractivity contribution is 1.52. The molecule has 0 nitrogen and oxygen atoms in total. The van der Waals surface area contributed by atoms with Crippen LogP contribution in [0.15, 0.2) is 194 Å². The van der Waals surface area contributed by atoms with Crippen LogP contribution in [0.3, 0.4) is 0 Å². The van der Waals surface area contributed by atoms with Gasteiger partial charge in [0.05, 0.1) is 0 Å². The summed E-state index contributed by atoms with van der Waals surface area (Å²) in [5.41, 5.74) is 15.2. The smallest absolute Gasteiger partial charge is 0.00201 e. The predicted octanol–water partition coefficient (Wildman–Crippen LogP) is 15.2. The van der Waals surface area contributed by atoms with Gasteiger partial charge in [-0.25, -0.2) is 0 Å². The largest absolute Gasteiger partial charge is 0.0616 e. The van der Waals surface area contributed by atoms with E-state index in [1.54, 1.807) is 0 Å². The average molecular weight is 681 g/mol. The van der Waals surface area contributed by atoms with Crippen LogP contribution in [-0.2, 0) is 0 Å². The molecule has 0 spiro atoms. The molecule has 0 saturated heterocycles. The first kappa shape index (κ1) is 29.5. The molecule has 0 amide bonds. The summed E-state index contributed by atoms with van der Waals surface area (Å²) in [5, 5.41) is 12.9. The Morgan fingerprint density at radius 3 is 1.13 bits per heavy atom. The minimum atomic E-state index is 1.23. The molecule has 0 N–H and O–H groups in total. The van der Waals surface area contributed by atoms with Gasteiger partial charge in [0.25, 0.3) is 0 Å². The lowest BCUT2D eigenvalue weighted by Crippen LogP contribution is -1.98. The summed E-state index contributed by atoms with van der Waals surface area (Å²) in [4.78, 5) is 0. The highest BCUT2D eigenvalue weighted by molar-refractivity contribution is 6.29. The molecular weight excluding hydrogens is 649 g/mol. The molecule has 11 aromatic carbocycles. The lowest BCUT2D eigenvalue weighted by Gasteiger charge is -2.24. The zero-order valence-corrected chi connectivity index (χ0v) is 29.5. The second-order valence-corrected chi connectivity index (χ2v) is 14.7. The molecule has 0 fully saturated rings. The Kier molecular flexibility index (Phi) is 6.15. The maximum atomic E-state index is 2.46. The molecule has 0 atom stereocenters. The van der Waals surface area contributed by atoms with Crippen LogP contribution >= 0.6 is 0 Å². The van der Waals surface area contributed by atoms with Crippen LogP contribution in [0.5, 0.6) is 0 Å². The normalized spacial score (nSPS) is 12.1. The number of hydrogen-bond acceptors (Lipinski definition) is 0. The molecule has 0 unspecified atom stereocenters. The number of fused-ring (bicyclic) bond motifs is 10. The first-order valence-electron chi connectivity index (χ1n) is 18.9. The molecule has 11 aromatic rings. The number of benzene rings is 11. The van der Waals surface area contributed by atoms with Crippen LogP contribution in [0.4, 0.5) is 0 Å². The third kappa shape index (κ3) is 4.08. The minimum absolute atomic E-state index is 1.23. The summed E-state index contributed by atoms with van der Waals surface area (Å²) in [6.45, 7) is 0. The first-order valence-corrected chi connectivity index (χ1v) is 18.9. The van der Waals surface area contributed by atoms with E-state index in [9.17, 15) is 0 Å². The molecule has 0 aliphatic heterocycles. The Balaban J connectivity index is 1.17. The van der Waals surface area contributed by atoms with E-state index < -0.39 is 0 Å². The summed E-state index contributed by atoms with van der Waals surface area (Å²) in [6.07, 6.45) is 0. The van der Waals surface area contributed by atoms with Crippen molar-refractivity contribution in [2.24, 2.45) is 0 Å². The third-order valence-electron chi connectivity index (χ3n) is 12.0. The lowest BCUT2D eigenvalue weighted by atomic mass is 9.79. The van der Waals surface area contributed by atoms with Crippen LogP contribution in [0, 0.1) is 0 Å². The molecule has 0 saturated carbocycles. The molecule has 248 valence electrons. The number of rotatable bonds is 2. The summed E-state index contributed by atoms with van der Waals surface area (Å²) >= 11 is 0. The Morgan fingerprint density at radius 2 is 0.593 bits per heavy atom. The second kappa shape index (κ2) is 11.2. The molecule has 12 rings (SSSR count). The van der Waals surface area contributed by atoms with Crippen LogP contribution in [0.25, 0.3) is 121 Å². The topological polar surface area (TPSA) is 0 Å². The summed E-state index contributed by atoms with van der Waals surface area (Å²) in [6, 6.07) is 72.5. The monoisotopic (exact) mass is 680 g/mol. The Labute approximate surface area is 313 Å². The highest BCUT2D eigenvalue weighted by atomic mass is 14.3. The van der Waals surface area contributed by atoms with Crippen molar-refractivity contribution in [1.82, 2.24) is 0 Å². The van der Waals surface area contributed by atoms with Gasteiger partial charge in [0.15, 0.2) is 0 Å². The highest BCUT2D eigenvalue weighted by Gasteiger charge is 2.24. The molecule has 54 heavy (non-hydrogen) atoms. The molecule has 1 aliphatic rings. The Morgan fingerprint density at radius 1 is 0.204 bits per heavy atom. The fourth-order valence-corrected chi connectivity index (χ4v) is 9.70. The van der Waals surface area contributed by atoms with Crippen molar-refractivity contribution in [3.63, 3.8) is 0 Å². The predicted molar refractivity (Wildman–Crippen MR) is 231 cm³/mol. The van der Waals surface area contributed by atoms with Crippen molar-refractivity contribution in [1.29, 1.82) is 0 Å². The maximum Gasteiger partial charge on any atom is -0.00201 e. The van der Waals surface area contributed by atoms with Crippen LogP contribution in [-0.4, -0.2) is 0 Å². The number of hydrogen-bond donors (Lipinski definition) is 0. The highest BCUT2D eigenvalue weighted by Crippen LogP contribution is 2.51. The molecule has 0 heteroatoms. The standard InChI is InChI=1S/C54H32/c1-2-15-38-37(14-1)39-16-3-4-18-41(39)43-29-28-36(32-50(43)42-19-6-5-17-40(38)42)52-44-20-7-9-22-46(44)54(47-23-10-8-21-45(47)52)49-31-27-35-25-24-33-12-11-13-34-26-30-48(49)53(35)51(33)34/h1-32H. The second-order valence-electron chi connectivity index (χ2n) is 14.7. The Bertz CT molecular complexity index is 3250.